The highest BCUT2D eigenvalue weighted by Crippen LogP contribution is 2.22. The molecule has 0 aliphatic carbocycles. The molecule has 1 aromatic carbocycles. The van der Waals surface area contributed by atoms with Crippen LogP contribution in [0, 0.1) is 0 Å². The van der Waals surface area contributed by atoms with Gasteiger partial charge in [-0.1, -0.05) is 37.3 Å². The van der Waals surface area contributed by atoms with Crippen molar-refractivity contribution >= 4 is 27.6 Å². The Labute approximate surface area is 212 Å². The molecule has 1 aromatic heterocycles. The van der Waals surface area contributed by atoms with Crippen LogP contribution in [0.2, 0.25) is 0 Å². The number of nitrogens with zero attached hydrogens (tertiary/aromatic N) is 2. The first-order valence-electron chi connectivity index (χ1n) is 12.1. The number of hydrogen-bond acceptors (Lipinski definition) is 7. The van der Waals surface area contributed by atoms with Crippen molar-refractivity contribution < 1.29 is 22.7 Å². The predicted molar refractivity (Wildman–Crippen MR) is 140 cm³/mol. The molecule has 198 valence electrons. The zero-order chi connectivity index (χ0) is 26.5. The molecule has 2 heterocycles. The van der Waals surface area contributed by atoms with Crippen molar-refractivity contribution in [3.8, 4) is 0 Å². The highest BCUT2D eigenvalue weighted by Gasteiger charge is 2.35. The van der Waals surface area contributed by atoms with Gasteiger partial charge in [-0.15, -0.1) is 0 Å². The van der Waals surface area contributed by atoms with E-state index in [1.165, 1.54) is 13.1 Å². The Morgan fingerprint density at radius 2 is 2.00 bits per heavy atom. The molecular formula is C25H36FN5O4S. The summed E-state index contributed by atoms with van der Waals surface area (Å²) in [6.07, 6.45) is 0.257. The maximum atomic E-state index is 13.8. The Kier molecular flexibility index (Phi) is 9.26. The molecule has 1 fully saturated rings. The Bertz CT molecular complexity index is 1130. The predicted octanol–water partition coefficient (Wildman–Crippen LogP) is 2.09. The second-order valence-corrected chi connectivity index (χ2v) is 11.4. The van der Waals surface area contributed by atoms with Crippen molar-refractivity contribution in [3.63, 3.8) is 0 Å². The van der Waals surface area contributed by atoms with E-state index in [4.69, 9.17) is 0 Å². The van der Waals surface area contributed by atoms with Gasteiger partial charge in [-0.2, -0.15) is 0 Å². The SMILES string of the molecule is CC[C@H](C)Nc1cc(C(=O)N[C@@H](Cc2ccccc2)[C@H](O)[C@H]2C[C@H](F)CN2)cc(N(C)S(C)(=O)=O)n1. The molecule has 1 aliphatic heterocycles. The van der Waals surface area contributed by atoms with Crippen LogP contribution in [0.25, 0.3) is 0 Å². The lowest BCUT2D eigenvalue weighted by molar-refractivity contribution is 0.0729. The minimum Gasteiger partial charge on any atom is -0.389 e. The maximum absolute atomic E-state index is 13.8. The van der Waals surface area contributed by atoms with Gasteiger partial charge in [0.1, 0.15) is 17.8 Å². The largest absolute Gasteiger partial charge is 0.389 e. The van der Waals surface area contributed by atoms with E-state index in [1.54, 1.807) is 6.07 Å². The first-order chi connectivity index (χ1) is 17.0. The fourth-order valence-corrected chi connectivity index (χ4v) is 4.48. The zero-order valence-corrected chi connectivity index (χ0v) is 21.9. The normalized spacial score (nSPS) is 20.4. The molecule has 36 heavy (non-hydrogen) atoms. The van der Waals surface area contributed by atoms with Gasteiger partial charge in [0.2, 0.25) is 10.0 Å². The van der Waals surface area contributed by atoms with E-state index in [0.29, 0.717) is 12.2 Å². The molecule has 1 amide bonds. The van der Waals surface area contributed by atoms with Gasteiger partial charge in [-0.3, -0.25) is 9.10 Å². The number of benzene rings is 1. The van der Waals surface area contributed by atoms with E-state index in [2.05, 4.69) is 20.9 Å². The summed E-state index contributed by atoms with van der Waals surface area (Å²) < 4.78 is 39.1. The number of aromatic nitrogens is 1. The van der Waals surface area contributed by atoms with Gasteiger partial charge in [0.15, 0.2) is 0 Å². The number of alkyl halides is 1. The van der Waals surface area contributed by atoms with Crippen molar-refractivity contribution in [3.05, 3.63) is 53.6 Å². The average Bonchev–Trinajstić information content (AvgIpc) is 3.28. The minimum absolute atomic E-state index is 0.0435. The lowest BCUT2D eigenvalue weighted by Crippen LogP contribution is -2.52. The number of amides is 1. The second kappa shape index (κ2) is 12.0. The number of pyridine rings is 1. The smallest absolute Gasteiger partial charge is 0.251 e. The Balaban J connectivity index is 1.91. The first kappa shape index (κ1) is 27.8. The molecule has 3 rings (SSSR count). The molecule has 1 saturated heterocycles. The van der Waals surface area contributed by atoms with Gasteiger partial charge in [-0.25, -0.2) is 17.8 Å². The third kappa shape index (κ3) is 7.37. The fourth-order valence-electron chi connectivity index (χ4n) is 4.05. The number of nitrogens with one attached hydrogen (secondary N) is 3. The van der Waals surface area contributed by atoms with Crippen molar-refractivity contribution in [1.29, 1.82) is 0 Å². The van der Waals surface area contributed by atoms with Crippen LogP contribution in [0.1, 0.15) is 42.6 Å². The van der Waals surface area contributed by atoms with E-state index in [0.717, 1.165) is 22.5 Å². The van der Waals surface area contributed by atoms with Gasteiger partial charge < -0.3 is 21.1 Å². The van der Waals surface area contributed by atoms with Crippen LogP contribution in [-0.2, 0) is 16.4 Å². The summed E-state index contributed by atoms with van der Waals surface area (Å²) in [7, 11) is -2.25. The lowest BCUT2D eigenvalue weighted by Gasteiger charge is -2.29. The Hall–Kier alpha value is -2.76. The summed E-state index contributed by atoms with van der Waals surface area (Å²) in [5, 5.41) is 20.2. The van der Waals surface area contributed by atoms with Crippen LogP contribution in [0.3, 0.4) is 0 Å². The molecule has 0 radical (unpaired) electrons. The summed E-state index contributed by atoms with van der Waals surface area (Å²) in [6, 6.07) is 11.2. The molecule has 2 aromatic rings. The topological polar surface area (TPSA) is 124 Å². The molecule has 1 aliphatic rings. The van der Waals surface area contributed by atoms with Crippen molar-refractivity contribution in [2.45, 2.75) is 63.5 Å². The van der Waals surface area contributed by atoms with E-state index in [9.17, 15) is 22.7 Å². The molecule has 0 unspecified atom stereocenters. The number of rotatable bonds is 11. The van der Waals surface area contributed by atoms with Gasteiger partial charge in [0.05, 0.1) is 18.4 Å². The summed E-state index contributed by atoms with van der Waals surface area (Å²) in [4.78, 5) is 17.8. The number of sulfonamides is 1. The van der Waals surface area contributed by atoms with Crippen molar-refractivity contribution in [2.75, 3.05) is 29.5 Å². The van der Waals surface area contributed by atoms with Crippen molar-refractivity contribution in [2.24, 2.45) is 0 Å². The molecular weight excluding hydrogens is 485 g/mol. The van der Waals surface area contributed by atoms with Gasteiger partial charge >= 0.3 is 0 Å². The third-order valence-corrected chi connectivity index (χ3v) is 7.63. The molecule has 5 atom stereocenters. The van der Waals surface area contributed by atoms with Crippen LogP contribution < -0.4 is 20.3 Å². The van der Waals surface area contributed by atoms with E-state index in [-0.39, 0.29) is 30.4 Å². The van der Waals surface area contributed by atoms with Gasteiger partial charge in [0.25, 0.3) is 5.91 Å². The molecule has 0 saturated carbocycles. The number of anilines is 2. The number of aliphatic hydroxyl groups is 1. The lowest BCUT2D eigenvalue weighted by atomic mass is 9.95. The van der Waals surface area contributed by atoms with Crippen LogP contribution in [0.15, 0.2) is 42.5 Å². The first-order valence-corrected chi connectivity index (χ1v) is 14.0. The van der Waals surface area contributed by atoms with Gasteiger partial charge in [0, 0.05) is 31.2 Å². The second-order valence-electron chi connectivity index (χ2n) is 9.39. The average molecular weight is 522 g/mol. The molecule has 0 bridgehead atoms. The summed E-state index contributed by atoms with van der Waals surface area (Å²) in [5.41, 5.74) is 1.09. The molecule has 0 spiro atoms. The van der Waals surface area contributed by atoms with E-state index >= 15 is 0 Å². The fraction of sp³-hybridized carbons (Fsp3) is 0.520. The number of aliphatic hydroxyl groups excluding tert-OH is 1. The quantitative estimate of drug-likeness (QED) is 0.357. The molecule has 9 nitrogen and oxygen atoms in total. The highest BCUT2D eigenvalue weighted by molar-refractivity contribution is 7.92. The van der Waals surface area contributed by atoms with E-state index in [1.807, 2.05) is 44.2 Å². The van der Waals surface area contributed by atoms with Crippen LogP contribution >= 0.6 is 0 Å². The summed E-state index contributed by atoms with van der Waals surface area (Å²) in [5.74, 6) is -0.0447. The van der Waals surface area contributed by atoms with E-state index < -0.39 is 40.3 Å². The zero-order valence-electron chi connectivity index (χ0n) is 21.1. The summed E-state index contributed by atoms with van der Waals surface area (Å²) >= 11 is 0. The number of carbonyl (C=O) groups excluding carboxylic acids is 1. The molecule has 11 heteroatoms. The number of carbonyl (C=O) groups is 1. The summed E-state index contributed by atoms with van der Waals surface area (Å²) in [6.45, 7) is 4.10. The molecule has 4 N–H and O–H groups in total. The standard InChI is InChI=1S/C25H36FN5O4S/c1-5-16(2)28-22-12-18(13-23(30-22)31(3)36(4,34)35)25(33)29-21(11-17-9-7-6-8-10-17)24(32)20-14-19(26)15-27-20/h6-10,12-13,16,19-21,24,27,32H,5,11,14-15H2,1-4H3,(H,28,30)(H,29,33)/t16-,19-,20+,21-,24+/m0/s1. The highest BCUT2D eigenvalue weighted by atomic mass is 32.2. The monoisotopic (exact) mass is 521 g/mol. The maximum Gasteiger partial charge on any atom is 0.251 e. The van der Waals surface area contributed by atoms with Crippen LogP contribution in [0.4, 0.5) is 16.0 Å². The number of halogens is 1. The van der Waals surface area contributed by atoms with Crippen LogP contribution in [0.5, 0.6) is 0 Å². The Morgan fingerprint density at radius 1 is 1.31 bits per heavy atom. The van der Waals surface area contributed by atoms with Gasteiger partial charge in [-0.05, 0) is 43.9 Å². The van der Waals surface area contributed by atoms with Crippen molar-refractivity contribution in [1.82, 2.24) is 15.6 Å². The number of hydrogen-bond donors (Lipinski definition) is 4. The minimum atomic E-state index is -3.62. The third-order valence-electron chi connectivity index (χ3n) is 6.45. The van der Waals surface area contributed by atoms with Crippen LogP contribution in [-0.4, -0.2) is 74.7 Å². The Morgan fingerprint density at radius 3 is 2.58 bits per heavy atom.